The number of nitrogens with one attached hydrogen (secondary N) is 1. The predicted octanol–water partition coefficient (Wildman–Crippen LogP) is 2.55. The summed E-state index contributed by atoms with van der Waals surface area (Å²) in [6.45, 7) is 7.47. The number of ether oxygens (including phenoxy) is 2. The molecule has 0 unspecified atom stereocenters. The zero-order chi connectivity index (χ0) is 21.9. The minimum absolute atomic E-state index is 0. The third kappa shape index (κ3) is 5.46. The molecule has 2 aliphatic rings. The van der Waals surface area contributed by atoms with E-state index in [4.69, 9.17) is 9.47 Å². The third-order valence-electron chi connectivity index (χ3n) is 6.26. The van der Waals surface area contributed by atoms with Crippen molar-refractivity contribution in [1.29, 1.82) is 0 Å². The Morgan fingerprint density at radius 3 is 2.64 bits per heavy atom. The SMILES string of the molecule is Cc1cnc2ccc(=O)n(CCN3CCC(NCc4cc5c(cn4)OCCO5)CC3)c2c1.Cl. The maximum absolute atomic E-state index is 12.5. The summed E-state index contributed by atoms with van der Waals surface area (Å²) in [6.07, 6.45) is 5.75. The van der Waals surface area contributed by atoms with Crippen LogP contribution in [0, 0.1) is 6.92 Å². The van der Waals surface area contributed by atoms with Gasteiger partial charge in [0.15, 0.2) is 11.5 Å². The highest BCUT2D eigenvalue weighted by Crippen LogP contribution is 2.29. The average Bonchev–Trinajstić information content (AvgIpc) is 2.82. The number of pyridine rings is 3. The van der Waals surface area contributed by atoms with E-state index in [0.717, 1.165) is 72.8 Å². The van der Waals surface area contributed by atoms with Crippen LogP contribution in [-0.4, -0.2) is 58.3 Å². The van der Waals surface area contributed by atoms with Crippen LogP contribution >= 0.6 is 12.4 Å². The first-order valence-corrected chi connectivity index (χ1v) is 11.3. The molecule has 0 spiro atoms. The van der Waals surface area contributed by atoms with Gasteiger partial charge in [-0.1, -0.05) is 0 Å². The third-order valence-corrected chi connectivity index (χ3v) is 6.26. The summed E-state index contributed by atoms with van der Waals surface area (Å²) in [5.74, 6) is 1.51. The number of likely N-dealkylation sites (tertiary alicyclic amines) is 1. The van der Waals surface area contributed by atoms with Crippen LogP contribution in [0.25, 0.3) is 11.0 Å². The van der Waals surface area contributed by atoms with Crippen molar-refractivity contribution in [3.05, 3.63) is 58.3 Å². The molecular weight excluding hydrogens is 442 g/mol. The molecule has 0 aliphatic carbocycles. The molecule has 176 valence electrons. The van der Waals surface area contributed by atoms with E-state index in [0.29, 0.717) is 25.8 Å². The van der Waals surface area contributed by atoms with Crippen molar-refractivity contribution in [2.45, 2.75) is 38.9 Å². The van der Waals surface area contributed by atoms with Crippen LogP contribution in [0.15, 0.2) is 41.5 Å². The second-order valence-electron chi connectivity index (χ2n) is 8.56. The first-order chi connectivity index (χ1) is 15.7. The van der Waals surface area contributed by atoms with Gasteiger partial charge in [0.25, 0.3) is 5.56 Å². The highest BCUT2D eigenvalue weighted by molar-refractivity contribution is 5.85. The van der Waals surface area contributed by atoms with Crippen LogP contribution in [0.1, 0.15) is 24.1 Å². The van der Waals surface area contributed by atoms with E-state index in [2.05, 4.69) is 20.2 Å². The molecule has 5 rings (SSSR count). The van der Waals surface area contributed by atoms with Crippen molar-refractivity contribution in [1.82, 2.24) is 24.8 Å². The molecule has 0 amide bonds. The van der Waals surface area contributed by atoms with Crippen molar-refractivity contribution in [2.75, 3.05) is 32.8 Å². The summed E-state index contributed by atoms with van der Waals surface area (Å²) in [5.41, 5.74) is 3.85. The summed E-state index contributed by atoms with van der Waals surface area (Å²) in [5, 5.41) is 3.63. The lowest BCUT2D eigenvalue weighted by molar-refractivity contribution is 0.170. The molecule has 0 aromatic carbocycles. The number of aryl methyl sites for hydroxylation is 1. The van der Waals surface area contributed by atoms with E-state index in [9.17, 15) is 4.79 Å². The van der Waals surface area contributed by atoms with E-state index < -0.39 is 0 Å². The number of hydrogen-bond acceptors (Lipinski definition) is 7. The summed E-state index contributed by atoms with van der Waals surface area (Å²) in [7, 11) is 0. The van der Waals surface area contributed by atoms with Gasteiger partial charge in [0.05, 0.1) is 22.9 Å². The first-order valence-electron chi connectivity index (χ1n) is 11.3. The largest absolute Gasteiger partial charge is 0.486 e. The molecule has 2 aliphatic heterocycles. The van der Waals surface area contributed by atoms with Crippen LogP contribution in [-0.2, 0) is 13.1 Å². The minimum atomic E-state index is 0. The molecular formula is C24H30ClN5O3. The second-order valence-corrected chi connectivity index (χ2v) is 8.56. The molecule has 9 heteroatoms. The fourth-order valence-electron chi connectivity index (χ4n) is 4.44. The lowest BCUT2D eigenvalue weighted by Gasteiger charge is -2.32. The minimum Gasteiger partial charge on any atom is -0.486 e. The number of aromatic nitrogens is 3. The fraction of sp³-hybridized carbons (Fsp3) is 0.458. The van der Waals surface area contributed by atoms with Crippen LogP contribution in [0.3, 0.4) is 0 Å². The normalized spacial score (nSPS) is 16.5. The van der Waals surface area contributed by atoms with Gasteiger partial charge in [-0.15, -0.1) is 12.4 Å². The van der Waals surface area contributed by atoms with Gasteiger partial charge in [-0.3, -0.25) is 14.8 Å². The molecule has 1 N–H and O–H groups in total. The number of fused-ring (bicyclic) bond motifs is 2. The van der Waals surface area contributed by atoms with Crippen molar-refractivity contribution in [3.63, 3.8) is 0 Å². The molecule has 0 radical (unpaired) electrons. The molecule has 0 saturated carbocycles. The quantitative estimate of drug-likeness (QED) is 0.591. The summed E-state index contributed by atoms with van der Waals surface area (Å²) in [6, 6.07) is 7.91. The Bertz CT molecular complexity index is 1160. The number of halogens is 1. The number of nitrogens with zero attached hydrogens (tertiary/aromatic N) is 4. The highest BCUT2D eigenvalue weighted by atomic mass is 35.5. The Balaban J connectivity index is 0.00000259. The monoisotopic (exact) mass is 471 g/mol. The van der Waals surface area contributed by atoms with E-state index in [1.807, 2.05) is 29.8 Å². The van der Waals surface area contributed by atoms with Crippen molar-refractivity contribution < 1.29 is 9.47 Å². The van der Waals surface area contributed by atoms with Gasteiger partial charge < -0.3 is 24.3 Å². The number of hydrogen-bond donors (Lipinski definition) is 1. The summed E-state index contributed by atoms with van der Waals surface area (Å²) < 4.78 is 13.0. The van der Waals surface area contributed by atoms with Gasteiger partial charge in [-0.05, 0) is 50.6 Å². The molecule has 1 fully saturated rings. The second kappa shape index (κ2) is 10.5. The zero-order valence-corrected chi connectivity index (χ0v) is 19.6. The van der Waals surface area contributed by atoms with Gasteiger partial charge >= 0.3 is 0 Å². The Hall–Kier alpha value is -2.68. The van der Waals surface area contributed by atoms with E-state index in [1.54, 1.807) is 18.3 Å². The van der Waals surface area contributed by atoms with Gasteiger partial charge in [-0.2, -0.15) is 0 Å². The summed E-state index contributed by atoms with van der Waals surface area (Å²) >= 11 is 0. The predicted molar refractivity (Wildman–Crippen MR) is 130 cm³/mol. The molecule has 3 aromatic rings. The standard InChI is InChI=1S/C24H29N5O3.ClH/c1-17-12-21-20(27-14-17)2-3-24(30)29(21)9-8-28-6-4-18(5-7-28)25-15-19-13-22-23(16-26-19)32-11-10-31-22;/h2-3,12-14,16,18,25H,4-11,15H2,1H3;1H. The number of piperidine rings is 1. The van der Waals surface area contributed by atoms with E-state index >= 15 is 0 Å². The molecule has 0 bridgehead atoms. The molecule has 0 atom stereocenters. The lowest BCUT2D eigenvalue weighted by atomic mass is 10.0. The van der Waals surface area contributed by atoms with Gasteiger partial charge in [0.1, 0.15) is 13.2 Å². The van der Waals surface area contributed by atoms with Gasteiger partial charge in [0.2, 0.25) is 0 Å². The number of rotatable bonds is 6. The molecule has 8 nitrogen and oxygen atoms in total. The summed E-state index contributed by atoms with van der Waals surface area (Å²) in [4.78, 5) is 23.8. The first kappa shape index (κ1) is 23.5. The maximum atomic E-state index is 12.5. The molecule has 1 saturated heterocycles. The van der Waals surface area contributed by atoms with Gasteiger partial charge in [-0.25, -0.2) is 0 Å². The maximum Gasteiger partial charge on any atom is 0.251 e. The van der Waals surface area contributed by atoms with E-state index in [-0.39, 0.29) is 18.0 Å². The van der Waals surface area contributed by atoms with Crippen molar-refractivity contribution in [3.8, 4) is 11.5 Å². The molecule has 5 heterocycles. The van der Waals surface area contributed by atoms with Crippen LogP contribution in [0.2, 0.25) is 0 Å². The van der Waals surface area contributed by atoms with Crippen LogP contribution in [0.5, 0.6) is 11.5 Å². The van der Waals surface area contributed by atoms with Crippen LogP contribution in [0.4, 0.5) is 0 Å². The average molecular weight is 472 g/mol. The Morgan fingerprint density at radius 1 is 1.03 bits per heavy atom. The smallest absolute Gasteiger partial charge is 0.251 e. The molecule has 3 aromatic heterocycles. The topological polar surface area (TPSA) is 81.5 Å². The molecule has 33 heavy (non-hydrogen) atoms. The fourth-order valence-corrected chi connectivity index (χ4v) is 4.44. The Labute approximate surface area is 199 Å². The Morgan fingerprint density at radius 2 is 1.82 bits per heavy atom. The van der Waals surface area contributed by atoms with Crippen molar-refractivity contribution >= 4 is 23.4 Å². The Kier molecular flexibility index (Phi) is 7.47. The van der Waals surface area contributed by atoms with E-state index in [1.165, 1.54) is 0 Å². The highest BCUT2D eigenvalue weighted by Gasteiger charge is 2.20. The van der Waals surface area contributed by atoms with Crippen LogP contribution < -0.4 is 20.3 Å². The lowest BCUT2D eigenvalue weighted by Crippen LogP contribution is -2.43. The van der Waals surface area contributed by atoms with Crippen molar-refractivity contribution in [2.24, 2.45) is 0 Å². The van der Waals surface area contributed by atoms with Gasteiger partial charge in [0, 0.05) is 44.0 Å². The zero-order valence-electron chi connectivity index (χ0n) is 18.8.